The van der Waals surface area contributed by atoms with Gasteiger partial charge in [0.2, 0.25) is 0 Å². The molecule has 1 heterocycles. The van der Waals surface area contributed by atoms with E-state index in [2.05, 4.69) is 16.9 Å². The first-order chi connectivity index (χ1) is 11.0. The Morgan fingerprint density at radius 3 is 2.57 bits per heavy atom. The molecule has 5 nitrogen and oxygen atoms in total. The van der Waals surface area contributed by atoms with Crippen molar-refractivity contribution in [2.75, 3.05) is 20.2 Å². The smallest absolute Gasteiger partial charge is 0.0900 e. The molecular formula is C18H27N3O2. The van der Waals surface area contributed by atoms with E-state index in [0.29, 0.717) is 19.8 Å². The second-order valence-electron chi connectivity index (χ2n) is 6.12. The number of ether oxygens (including phenoxy) is 1. The van der Waals surface area contributed by atoms with Gasteiger partial charge >= 0.3 is 0 Å². The minimum atomic E-state index is -0.499. The van der Waals surface area contributed by atoms with E-state index in [0.717, 1.165) is 17.8 Å². The van der Waals surface area contributed by atoms with Crippen LogP contribution in [0.15, 0.2) is 30.3 Å². The predicted octanol–water partition coefficient (Wildman–Crippen LogP) is 2.05. The van der Waals surface area contributed by atoms with Crippen molar-refractivity contribution >= 4 is 0 Å². The molecule has 0 spiro atoms. The fourth-order valence-corrected chi connectivity index (χ4v) is 2.68. The molecule has 0 radical (unpaired) electrons. The molecule has 0 saturated carbocycles. The minimum Gasteiger partial charge on any atom is -0.389 e. The van der Waals surface area contributed by atoms with Gasteiger partial charge in [-0.2, -0.15) is 5.10 Å². The molecule has 126 valence electrons. The molecule has 2 rings (SSSR count). The largest absolute Gasteiger partial charge is 0.389 e. The van der Waals surface area contributed by atoms with Crippen LogP contribution in [0, 0.1) is 13.8 Å². The van der Waals surface area contributed by atoms with E-state index in [-0.39, 0.29) is 0 Å². The van der Waals surface area contributed by atoms with Gasteiger partial charge in [-0.25, -0.2) is 0 Å². The van der Waals surface area contributed by atoms with E-state index in [1.807, 2.05) is 56.0 Å². The molecule has 1 N–H and O–H groups in total. The van der Waals surface area contributed by atoms with Crippen LogP contribution in [-0.4, -0.2) is 46.1 Å². The fourth-order valence-electron chi connectivity index (χ4n) is 2.68. The van der Waals surface area contributed by atoms with Gasteiger partial charge < -0.3 is 9.84 Å². The van der Waals surface area contributed by atoms with Crippen LogP contribution < -0.4 is 0 Å². The van der Waals surface area contributed by atoms with Gasteiger partial charge in [0.25, 0.3) is 0 Å². The summed E-state index contributed by atoms with van der Waals surface area (Å²) >= 11 is 0. The van der Waals surface area contributed by atoms with Crippen molar-refractivity contribution in [3.8, 4) is 0 Å². The molecule has 5 heteroatoms. The van der Waals surface area contributed by atoms with Gasteiger partial charge in [-0.05, 0) is 26.5 Å². The number of nitrogens with zero attached hydrogens (tertiary/aromatic N) is 3. The number of aliphatic hydroxyl groups is 1. The molecule has 0 saturated heterocycles. The van der Waals surface area contributed by atoms with E-state index >= 15 is 0 Å². The Hall–Kier alpha value is -1.69. The molecule has 2 aromatic rings. The van der Waals surface area contributed by atoms with Crippen LogP contribution in [0.5, 0.6) is 0 Å². The van der Waals surface area contributed by atoms with Gasteiger partial charge in [-0.3, -0.25) is 9.58 Å². The number of hydrogen-bond donors (Lipinski definition) is 1. The molecule has 0 aliphatic rings. The van der Waals surface area contributed by atoms with E-state index in [9.17, 15) is 5.11 Å². The third-order valence-corrected chi connectivity index (χ3v) is 4.03. The SMILES string of the molecule is Cc1nn(C)c(C)c1CN(C)CC(O)COCc1ccccc1. The number of aromatic nitrogens is 2. The van der Waals surface area contributed by atoms with Crippen molar-refractivity contribution in [1.29, 1.82) is 0 Å². The van der Waals surface area contributed by atoms with Crippen LogP contribution >= 0.6 is 0 Å². The van der Waals surface area contributed by atoms with Crippen molar-refractivity contribution in [1.82, 2.24) is 14.7 Å². The maximum Gasteiger partial charge on any atom is 0.0900 e. The summed E-state index contributed by atoms with van der Waals surface area (Å²) in [6, 6.07) is 10.00. The van der Waals surface area contributed by atoms with E-state index in [1.54, 1.807) is 0 Å². The summed E-state index contributed by atoms with van der Waals surface area (Å²) in [5.41, 5.74) is 4.57. The number of benzene rings is 1. The average Bonchev–Trinajstić information content (AvgIpc) is 2.74. The molecule has 23 heavy (non-hydrogen) atoms. The number of aliphatic hydroxyl groups excluding tert-OH is 1. The Kier molecular flexibility index (Phi) is 6.33. The third-order valence-electron chi connectivity index (χ3n) is 4.03. The molecule has 0 fully saturated rings. The van der Waals surface area contributed by atoms with Crippen LogP contribution in [0.3, 0.4) is 0 Å². The van der Waals surface area contributed by atoms with Crippen molar-refractivity contribution in [3.63, 3.8) is 0 Å². The Balaban J connectivity index is 1.75. The molecule has 1 atom stereocenters. The lowest BCUT2D eigenvalue weighted by Gasteiger charge is -2.21. The zero-order valence-electron chi connectivity index (χ0n) is 14.5. The molecule has 1 aromatic carbocycles. The minimum absolute atomic E-state index is 0.338. The summed E-state index contributed by atoms with van der Waals surface area (Å²) in [6.07, 6.45) is -0.499. The van der Waals surface area contributed by atoms with Gasteiger partial charge in [-0.1, -0.05) is 30.3 Å². The Morgan fingerprint density at radius 2 is 1.96 bits per heavy atom. The summed E-state index contributed by atoms with van der Waals surface area (Å²) in [6.45, 7) is 6.31. The fraction of sp³-hybridized carbons (Fsp3) is 0.500. The standard InChI is InChI=1S/C18H27N3O2/c1-14-18(15(2)21(4)19-14)11-20(3)10-17(22)13-23-12-16-8-6-5-7-9-16/h5-9,17,22H,10-13H2,1-4H3. The van der Waals surface area contributed by atoms with Crippen molar-refractivity contribution < 1.29 is 9.84 Å². The van der Waals surface area contributed by atoms with Gasteiger partial charge in [0.05, 0.1) is 25.0 Å². The Bertz CT molecular complexity index is 610. The molecule has 1 aromatic heterocycles. The maximum atomic E-state index is 10.1. The highest BCUT2D eigenvalue weighted by Crippen LogP contribution is 2.14. The molecule has 0 bridgehead atoms. The number of rotatable bonds is 8. The lowest BCUT2D eigenvalue weighted by Crippen LogP contribution is -2.32. The predicted molar refractivity (Wildman–Crippen MR) is 91.1 cm³/mol. The molecular weight excluding hydrogens is 290 g/mol. The van der Waals surface area contributed by atoms with Crippen molar-refractivity contribution in [3.05, 3.63) is 52.8 Å². The summed E-state index contributed by atoms with van der Waals surface area (Å²) in [7, 11) is 3.96. The van der Waals surface area contributed by atoms with Gasteiger partial charge in [-0.15, -0.1) is 0 Å². The normalized spacial score (nSPS) is 12.8. The van der Waals surface area contributed by atoms with E-state index in [1.165, 1.54) is 11.3 Å². The highest BCUT2D eigenvalue weighted by molar-refractivity contribution is 5.24. The lowest BCUT2D eigenvalue weighted by atomic mass is 10.2. The number of likely N-dealkylation sites (N-methyl/N-ethyl adjacent to an activating group) is 1. The zero-order chi connectivity index (χ0) is 16.8. The van der Waals surface area contributed by atoms with Crippen LogP contribution in [0.4, 0.5) is 0 Å². The van der Waals surface area contributed by atoms with Crippen LogP contribution in [0.2, 0.25) is 0 Å². The quantitative estimate of drug-likeness (QED) is 0.809. The Morgan fingerprint density at radius 1 is 1.26 bits per heavy atom. The van der Waals surface area contributed by atoms with Gasteiger partial charge in [0.1, 0.15) is 0 Å². The summed E-state index contributed by atoms with van der Waals surface area (Å²) in [4.78, 5) is 2.10. The molecule has 0 aliphatic heterocycles. The second-order valence-corrected chi connectivity index (χ2v) is 6.12. The molecule has 0 amide bonds. The maximum absolute atomic E-state index is 10.1. The van der Waals surface area contributed by atoms with E-state index in [4.69, 9.17) is 4.74 Å². The molecule has 1 unspecified atom stereocenters. The van der Waals surface area contributed by atoms with Gasteiger partial charge in [0, 0.05) is 31.4 Å². The van der Waals surface area contributed by atoms with E-state index < -0.39 is 6.10 Å². The zero-order valence-corrected chi connectivity index (χ0v) is 14.5. The first-order valence-electron chi connectivity index (χ1n) is 7.94. The summed E-state index contributed by atoms with van der Waals surface area (Å²) < 4.78 is 7.49. The van der Waals surface area contributed by atoms with Crippen molar-refractivity contribution in [2.45, 2.75) is 33.1 Å². The summed E-state index contributed by atoms with van der Waals surface area (Å²) in [5, 5.41) is 14.6. The number of aryl methyl sites for hydroxylation is 2. The van der Waals surface area contributed by atoms with Crippen molar-refractivity contribution in [2.24, 2.45) is 7.05 Å². The van der Waals surface area contributed by atoms with Crippen LogP contribution in [0.25, 0.3) is 0 Å². The molecule has 0 aliphatic carbocycles. The first-order valence-corrected chi connectivity index (χ1v) is 7.94. The average molecular weight is 317 g/mol. The third kappa shape index (κ3) is 5.16. The lowest BCUT2D eigenvalue weighted by molar-refractivity contribution is 0.0126. The number of hydrogen-bond acceptors (Lipinski definition) is 4. The highest BCUT2D eigenvalue weighted by Gasteiger charge is 2.14. The Labute approximate surface area is 138 Å². The topological polar surface area (TPSA) is 50.5 Å². The first kappa shape index (κ1) is 17.7. The monoisotopic (exact) mass is 317 g/mol. The highest BCUT2D eigenvalue weighted by atomic mass is 16.5. The summed E-state index contributed by atoms with van der Waals surface area (Å²) in [5.74, 6) is 0. The van der Waals surface area contributed by atoms with Crippen LogP contribution in [0.1, 0.15) is 22.5 Å². The van der Waals surface area contributed by atoms with Gasteiger partial charge in [0.15, 0.2) is 0 Å². The van der Waals surface area contributed by atoms with Crippen LogP contribution in [-0.2, 0) is 24.9 Å². The second kappa shape index (κ2) is 8.24.